The van der Waals surface area contributed by atoms with Crippen LogP contribution in [0.3, 0.4) is 0 Å². The molecule has 1 aliphatic rings. The number of ether oxygens (including phenoxy) is 2. The summed E-state index contributed by atoms with van der Waals surface area (Å²) in [5.74, 6) is -0.173. The summed E-state index contributed by atoms with van der Waals surface area (Å²) in [6, 6.07) is 6.15. The van der Waals surface area contributed by atoms with Gasteiger partial charge in [-0.1, -0.05) is 32.0 Å². The van der Waals surface area contributed by atoms with E-state index in [9.17, 15) is 4.79 Å². The third-order valence-corrected chi connectivity index (χ3v) is 4.11. The Morgan fingerprint density at radius 2 is 1.95 bits per heavy atom. The third kappa shape index (κ3) is 3.80. The van der Waals surface area contributed by atoms with Crippen LogP contribution in [0.5, 0.6) is 0 Å². The number of hydrogen-bond acceptors (Lipinski definition) is 3. The molecule has 1 heterocycles. The normalized spacial score (nSPS) is 21.1. The molecule has 1 aromatic carbocycles. The maximum atomic E-state index is 12.4. The SMILES string of the molecule is CCc1cccc(CC)c1N(CC1OCC(C)O1)C(=O)CCl. The summed E-state index contributed by atoms with van der Waals surface area (Å²) in [7, 11) is 0. The molecule has 0 aliphatic carbocycles. The molecule has 22 heavy (non-hydrogen) atoms. The first-order chi connectivity index (χ1) is 10.6. The number of para-hydroxylation sites is 1. The minimum Gasteiger partial charge on any atom is -0.348 e. The molecule has 2 unspecified atom stereocenters. The van der Waals surface area contributed by atoms with Crippen LogP contribution in [0, 0.1) is 0 Å². The molecular weight excluding hydrogens is 302 g/mol. The van der Waals surface area contributed by atoms with Crippen molar-refractivity contribution < 1.29 is 14.3 Å². The minimum atomic E-state index is -0.392. The Kier molecular flexibility index (Phi) is 6.24. The van der Waals surface area contributed by atoms with Crippen LogP contribution in [0.25, 0.3) is 0 Å². The molecule has 4 nitrogen and oxygen atoms in total. The number of hydrogen-bond donors (Lipinski definition) is 0. The van der Waals surface area contributed by atoms with Crippen molar-refractivity contribution in [2.45, 2.75) is 46.0 Å². The summed E-state index contributed by atoms with van der Waals surface area (Å²) in [6.07, 6.45) is 1.39. The summed E-state index contributed by atoms with van der Waals surface area (Å²) in [5, 5.41) is 0. The second-order valence-electron chi connectivity index (χ2n) is 5.48. The van der Waals surface area contributed by atoms with Gasteiger partial charge < -0.3 is 14.4 Å². The fraction of sp³-hybridized carbons (Fsp3) is 0.588. The zero-order valence-corrected chi connectivity index (χ0v) is 14.2. The standard InChI is InChI=1S/C17H24ClNO3/c1-4-13-7-6-8-14(5-2)17(13)19(15(20)9-18)10-16-21-11-12(3)22-16/h6-8,12,16H,4-5,9-11H2,1-3H3. The highest BCUT2D eigenvalue weighted by molar-refractivity contribution is 6.29. The Bertz CT molecular complexity index is 498. The Morgan fingerprint density at radius 1 is 1.32 bits per heavy atom. The quantitative estimate of drug-likeness (QED) is 0.754. The molecule has 0 aromatic heterocycles. The fourth-order valence-corrected chi connectivity index (χ4v) is 2.92. The van der Waals surface area contributed by atoms with Crippen molar-refractivity contribution >= 4 is 23.2 Å². The summed E-state index contributed by atoms with van der Waals surface area (Å²) >= 11 is 5.83. The van der Waals surface area contributed by atoms with E-state index in [2.05, 4.69) is 26.0 Å². The highest BCUT2D eigenvalue weighted by Crippen LogP contribution is 2.28. The molecule has 0 saturated carbocycles. The Morgan fingerprint density at radius 3 is 2.41 bits per heavy atom. The van der Waals surface area contributed by atoms with E-state index in [0.717, 1.165) is 29.7 Å². The van der Waals surface area contributed by atoms with Crippen LogP contribution >= 0.6 is 11.6 Å². The van der Waals surface area contributed by atoms with Crippen LogP contribution in [-0.2, 0) is 27.1 Å². The summed E-state index contributed by atoms with van der Waals surface area (Å²) in [6.45, 7) is 7.08. The molecule has 1 amide bonds. The predicted octanol–water partition coefficient (Wildman–Crippen LogP) is 3.14. The summed E-state index contributed by atoms with van der Waals surface area (Å²) in [5.41, 5.74) is 3.25. The van der Waals surface area contributed by atoms with Gasteiger partial charge in [-0.3, -0.25) is 4.79 Å². The number of alkyl halides is 1. The number of nitrogens with zero attached hydrogens (tertiary/aromatic N) is 1. The molecule has 0 spiro atoms. The monoisotopic (exact) mass is 325 g/mol. The van der Waals surface area contributed by atoms with Gasteiger partial charge in [0, 0.05) is 0 Å². The van der Waals surface area contributed by atoms with Gasteiger partial charge in [0.05, 0.1) is 24.9 Å². The maximum Gasteiger partial charge on any atom is 0.242 e. The van der Waals surface area contributed by atoms with E-state index in [1.54, 1.807) is 4.90 Å². The topological polar surface area (TPSA) is 38.8 Å². The van der Waals surface area contributed by atoms with Gasteiger partial charge in [0.15, 0.2) is 6.29 Å². The van der Waals surface area contributed by atoms with E-state index in [0.29, 0.717) is 13.2 Å². The molecule has 1 aromatic rings. The first-order valence-electron chi connectivity index (χ1n) is 7.84. The van der Waals surface area contributed by atoms with Crippen molar-refractivity contribution in [3.8, 4) is 0 Å². The summed E-state index contributed by atoms with van der Waals surface area (Å²) < 4.78 is 11.3. The Labute approximate surface area is 137 Å². The van der Waals surface area contributed by atoms with E-state index < -0.39 is 6.29 Å². The molecule has 1 fully saturated rings. The van der Waals surface area contributed by atoms with Gasteiger partial charge in [-0.2, -0.15) is 0 Å². The lowest BCUT2D eigenvalue weighted by Gasteiger charge is -2.28. The molecule has 2 rings (SSSR count). The third-order valence-electron chi connectivity index (χ3n) is 3.88. The molecular formula is C17H24ClNO3. The molecule has 0 radical (unpaired) electrons. The number of anilines is 1. The van der Waals surface area contributed by atoms with Crippen LogP contribution in [0.4, 0.5) is 5.69 Å². The van der Waals surface area contributed by atoms with Crippen molar-refractivity contribution in [2.24, 2.45) is 0 Å². The molecule has 1 saturated heterocycles. The van der Waals surface area contributed by atoms with E-state index in [1.807, 2.05) is 13.0 Å². The number of carbonyl (C=O) groups is 1. The second kappa shape index (κ2) is 7.95. The Hall–Kier alpha value is -1.10. The minimum absolute atomic E-state index is 0.0521. The van der Waals surface area contributed by atoms with Crippen LogP contribution in [0.2, 0.25) is 0 Å². The van der Waals surface area contributed by atoms with Gasteiger partial charge in [-0.05, 0) is 30.9 Å². The maximum absolute atomic E-state index is 12.4. The van der Waals surface area contributed by atoms with E-state index in [-0.39, 0.29) is 17.9 Å². The lowest BCUT2D eigenvalue weighted by molar-refractivity contribution is -0.118. The molecule has 0 N–H and O–H groups in total. The van der Waals surface area contributed by atoms with Gasteiger partial charge in [0.25, 0.3) is 0 Å². The number of rotatable bonds is 6. The average Bonchev–Trinajstić information content (AvgIpc) is 2.96. The van der Waals surface area contributed by atoms with E-state index >= 15 is 0 Å². The highest BCUT2D eigenvalue weighted by Gasteiger charge is 2.29. The van der Waals surface area contributed by atoms with E-state index in [4.69, 9.17) is 21.1 Å². The first kappa shape index (κ1) is 17.3. The first-order valence-corrected chi connectivity index (χ1v) is 8.38. The second-order valence-corrected chi connectivity index (χ2v) is 5.75. The van der Waals surface area contributed by atoms with Crippen molar-refractivity contribution in [3.63, 3.8) is 0 Å². The summed E-state index contributed by atoms with van der Waals surface area (Å²) in [4.78, 5) is 14.1. The van der Waals surface area contributed by atoms with Crippen LogP contribution in [0.1, 0.15) is 31.9 Å². The number of aryl methyl sites for hydroxylation is 2. The van der Waals surface area contributed by atoms with Gasteiger partial charge in [0.1, 0.15) is 5.88 Å². The van der Waals surface area contributed by atoms with Crippen LogP contribution < -0.4 is 4.90 Å². The lowest BCUT2D eigenvalue weighted by Crippen LogP contribution is -2.40. The number of amides is 1. The largest absolute Gasteiger partial charge is 0.348 e. The number of halogens is 1. The predicted molar refractivity (Wildman–Crippen MR) is 88.6 cm³/mol. The molecule has 2 atom stereocenters. The fourth-order valence-electron chi connectivity index (χ4n) is 2.78. The molecule has 1 aliphatic heterocycles. The van der Waals surface area contributed by atoms with Gasteiger partial charge in [0.2, 0.25) is 5.91 Å². The molecule has 122 valence electrons. The molecule has 0 bridgehead atoms. The van der Waals surface area contributed by atoms with Gasteiger partial charge >= 0.3 is 0 Å². The van der Waals surface area contributed by atoms with Crippen molar-refractivity contribution in [3.05, 3.63) is 29.3 Å². The smallest absolute Gasteiger partial charge is 0.242 e. The lowest BCUT2D eigenvalue weighted by atomic mass is 10.0. The van der Waals surface area contributed by atoms with Crippen molar-refractivity contribution in [1.82, 2.24) is 0 Å². The van der Waals surface area contributed by atoms with Gasteiger partial charge in [-0.25, -0.2) is 0 Å². The average molecular weight is 326 g/mol. The zero-order valence-electron chi connectivity index (χ0n) is 13.5. The van der Waals surface area contributed by atoms with Gasteiger partial charge in [-0.15, -0.1) is 11.6 Å². The van der Waals surface area contributed by atoms with Crippen LogP contribution in [-0.4, -0.2) is 37.3 Å². The Balaban J connectivity index is 2.34. The molecule has 5 heteroatoms. The van der Waals surface area contributed by atoms with Crippen LogP contribution in [0.15, 0.2) is 18.2 Å². The number of benzene rings is 1. The van der Waals surface area contributed by atoms with Crippen molar-refractivity contribution in [1.29, 1.82) is 0 Å². The van der Waals surface area contributed by atoms with E-state index in [1.165, 1.54) is 0 Å². The number of carbonyl (C=O) groups excluding carboxylic acids is 1. The highest BCUT2D eigenvalue weighted by atomic mass is 35.5. The zero-order chi connectivity index (χ0) is 16.1. The van der Waals surface area contributed by atoms with Crippen molar-refractivity contribution in [2.75, 3.05) is 23.9 Å².